The standard InChI is InChI=1S/C18H21N5O2/c24-18(25)7-6-14-10-21-17(11-20-14)22-16-5-3-9-23(13-16)12-15-4-1-2-8-19-15/h1-2,4,6-8,10-11,16H,3,5,9,12-13H2,(H,21,22)(H,24,25)/b7-6+. The molecule has 1 aliphatic rings. The van der Waals surface area contributed by atoms with Crippen LogP contribution in [0.2, 0.25) is 0 Å². The molecule has 7 nitrogen and oxygen atoms in total. The van der Waals surface area contributed by atoms with Crippen molar-refractivity contribution >= 4 is 17.9 Å². The summed E-state index contributed by atoms with van der Waals surface area (Å²) in [4.78, 5) is 25.8. The molecule has 25 heavy (non-hydrogen) atoms. The van der Waals surface area contributed by atoms with E-state index >= 15 is 0 Å². The molecule has 3 rings (SSSR count). The summed E-state index contributed by atoms with van der Waals surface area (Å²) in [6.45, 7) is 2.85. The van der Waals surface area contributed by atoms with Gasteiger partial charge in [0.25, 0.3) is 0 Å². The second kappa shape index (κ2) is 8.34. The monoisotopic (exact) mass is 339 g/mol. The van der Waals surface area contributed by atoms with E-state index < -0.39 is 5.97 Å². The topological polar surface area (TPSA) is 91.2 Å². The Kier molecular flexibility index (Phi) is 5.69. The van der Waals surface area contributed by atoms with E-state index in [2.05, 4.69) is 25.2 Å². The number of likely N-dealkylation sites (tertiary alicyclic amines) is 1. The highest BCUT2D eigenvalue weighted by atomic mass is 16.4. The third-order valence-electron chi connectivity index (χ3n) is 4.04. The van der Waals surface area contributed by atoms with Crippen LogP contribution in [0.15, 0.2) is 42.9 Å². The van der Waals surface area contributed by atoms with Crippen molar-refractivity contribution in [1.29, 1.82) is 0 Å². The van der Waals surface area contributed by atoms with Crippen LogP contribution in [0, 0.1) is 0 Å². The molecule has 2 N–H and O–H groups in total. The van der Waals surface area contributed by atoms with Crippen molar-refractivity contribution in [3.8, 4) is 0 Å². The Morgan fingerprint density at radius 1 is 1.32 bits per heavy atom. The highest BCUT2D eigenvalue weighted by molar-refractivity contribution is 5.84. The predicted octanol–water partition coefficient (Wildman–Crippen LogP) is 2.05. The lowest BCUT2D eigenvalue weighted by Gasteiger charge is -2.33. The van der Waals surface area contributed by atoms with Crippen molar-refractivity contribution < 1.29 is 9.90 Å². The average molecular weight is 339 g/mol. The molecule has 1 saturated heterocycles. The molecule has 1 atom stereocenters. The number of piperidine rings is 1. The van der Waals surface area contributed by atoms with Crippen LogP contribution in [0.3, 0.4) is 0 Å². The summed E-state index contributed by atoms with van der Waals surface area (Å²) >= 11 is 0. The number of rotatable bonds is 6. The largest absolute Gasteiger partial charge is 0.478 e. The van der Waals surface area contributed by atoms with Crippen LogP contribution >= 0.6 is 0 Å². The Bertz CT molecular complexity index is 718. The zero-order valence-electron chi connectivity index (χ0n) is 13.9. The van der Waals surface area contributed by atoms with Crippen molar-refractivity contribution in [2.24, 2.45) is 0 Å². The predicted molar refractivity (Wildman–Crippen MR) is 94.9 cm³/mol. The lowest BCUT2D eigenvalue weighted by Crippen LogP contribution is -2.41. The van der Waals surface area contributed by atoms with Crippen LogP contribution in [0.5, 0.6) is 0 Å². The second-order valence-corrected chi connectivity index (χ2v) is 6.04. The number of carbonyl (C=O) groups is 1. The summed E-state index contributed by atoms with van der Waals surface area (Å²) in [6.07, 6.45) is 9.71. The summed E-state index contributed by atoms with van der Waals surface area (Å²) < 4.78 is 0. The third kappa shape index (κ3) is 5.36. The first kappa shape index (κ1) is 17.0. The maximum absolute atomic E-state index is 10.5. The first-order valence-electron chi connectivity index (χ1n) is 8.31. The van der Waals surface area contributed by atoms with Gasteiger partial charge in [-0.3, -0.25) is 14.9 Å². The van der Waals surface area contributed by atoms with Crippen LogP contribution in [-0.4, -0.2) is 50.1 Å². The number of anilines is 1. The van der Waals surface area contributed by atoms with Gasteiger partial charge >= 0.3 is 5.97 Å². The van der Waals surface area contributed by atoms with Gasteiger partial charge in [-0.2, -0.15) is 0 Å². The average Bonchev–Trinajstić information content (AvgIpc) is 2.62. The Morgan fingerprint density at radius 3 is 2.96 bits per heavy atom. The van der Waals surface area contributed by atoms with E-state index in [1.54, 1.807) is 12.4 Å². The molecule has 3 heterocycles. The lowest BCUT2D eigenvalue weighted by molar-refractivity contribution is -0.131. The van der Waals surface area contributed by atoms with E-state index in [1.165, 1.54) is 6.08 Å². The van der Waals surface area contributed by atoms with E-state index in [9.17, 15) is 4.79 Å². The van der Waals surface area contributed by atoms with E-state index in [4.69, 9.17) is 5.11 Å². The summed E-state index contributed by atoms with van der Waals surface area (Å²) in [5, 5.41) is 12.0. The van der Waals surface area contributed by atoms with Crippen LogP contribution in [-0.2, 0) is 11.3 Å². The molecule has 0 bridgehead atoms. The zero-order chi connectivity index (χ0) is 17.5. The molecule has 1 unspecified atom stereocenters. The Hall–Kier alpha value is -2.80. The fourth-order valence-corrected chi connectivity index (χ4v) is 2.90. The minimum atomic E-state index is -1.00. The van der Waals surface area contributed by atoms with Gasteiger partial charge in [-0.05, 0) is 37.6 Å². The molecule has 0 amide bonds. The fraction of sp³-hybridized carbons (Fsp3) is 0.333. The maximum Gasteiger partial charge on any atom is 0.328 e. The number of aromatic nitrogens is 3. The van der Waals surface area contributed by atoms with Gasteiger partial charge in [0.2, 0.25) is 0 Å². The van der Waals surface area contributed by atoms with Gasteiger partial charge in [0.1, 0.15) is 5.82 Å². The number of hydrogen-bond acceptors (Lipinski definition) is 6. The van der Waals surface area contributed by atoms with Crippen LogP contribution in [0.4, 0.5) is 5.82 Å². The van der Waals surface area contributed by atoms with Crippen molar-refractivity contribution in [2.45, 2.75) is 25.4 Å². The summed E-state index contributed by atoms with van der Waals surface area (Å²) in [5.74, 6) is -0.295. The lowest BCUT2D eigenvalue weighted by atomic mass is 10.1. The highest BCUT2D eigenvalue weighted by Gasteiger charge is 2.20. The number of nitrogens with zero attached hydrogens (tertiary/aromatic N) is 4. The van der Waals surface area contributed by atoms with Gasteiger partial charge in [0.05, 0.1) is 23.8 Å². The maximum atomic E-state index is 10.5. The van der Waals surface area contributed by atoms with Crippen LogP contribution in [0.1, 0.15) is 24.2 Å². The van der Waals surface area contributed by atoms with Crippen molar-refractivity contribution in [1.82, 2.24) is 19.9 Å². The molecule has 0 aliphatic carbocycles. The number of hydrogen-bond donors (Lipinski definition) is 2. The fourth-order valence-electron chi connectivity index (χ4n) is 2.90. The molecule has 2 aromatic heterocycles. The second-order valence-electron chi connectivity index (χ2n) is 6.04. The van der Waals surface area contributed by atoms with Gasteiger partial charge in [-0.15, -0.1) is 0 Å². The number of nitrogens with one attached hydrogen (secondary N) is 1. The minimum Gasteiger partial charge on any atom is -0.478 e. The number of pyridine rings is 1. The number of carboxylic acids is 1. The Labute approximate surface area is 146 Å². The van der Waals surface area contributed by atoms with Crippen LogP contribution < -0.4 is 5.32 Å². The zero-order valence-corrected chi connectivity index (χ0v) is 13.9. The number of aliphatic carboxylic acids is 1. The highest BCUT2D eigenvalue weighted by Crippen LogP contribution is 2.16. The summed E-state index contributed by atoms with van der Waals surface area (Å²) in [5.41, 5.74) is 1.60. The van der Waals surface area contributed by atoms with Gasteiger partial charge in [0.15, 0.2) is 0 Å². The molecular weight excluding hydrogens is 318 g/mol. The minimum absolute atomic E-state index is 0.312. The van der Waals surface area contributed by atoms with E-state index in [0.717, 1.165) is 44.2 Å². The molecule has 0 saturated carbocycles. The van der Waals surface area contributed by atoms with Crippen molar-refractivity contribution in [3.63, 3.8) is 0 Å². The van der Waals surface area contributed by atoms with Gasteiger partial charge < -0.3 is 10.4 Å². The smallest absolute Gasteiger partial charge is 0.328 e. The number of carboxylic acid groups (broad SMARTS) is 1. The Balaban J connectivity index is 1.54. The molecule has 0 aromatic carbocycles. The SMILES string of the molecule is O=C(O)/C=C/c1cnc(NC2CCCN(Cc3ccccn3)C2)cn1. The molecule has 1 fully saturated rings. The van der Waals surface area contributed by atoms with Crippen molar-refractivity contribution in [3.05, 3.63) is 54.3 Å². The summed E-state index contributed by atoms with van der Waals surface area (Å²) in [7, 11) is 0. The van der Waals surface area contributed by atoms with Gasteiger partial charge in [0, 0.05) is 31.4 Å². The molecule has 2 aromatic rings. The molecule has 1 aliphatic heterocycles. The molecule has 130 valence electrons. The third-order valence-corrected chi connectivity index (χ3v) is 4.04. The van der Waals surface area contributed by atoms with Crippen molar-refractivity contribution in [2.75, 3.05) is 18.4 Å². The first-order valence-corrected chi connectivity index (χ1v) is 8.31. The van der Waals surface area contributed by atoms with Crippen LogP contribution in [0.25, 0.3) is 6.08 Å². The van der Waals surface area contributed by atoms with Gasteiger partial charge in [-0.25, -0.2) is 9.78 Å². The van der Waals surface area contributed by atoms with Gasteiger partial charge in [-0.1, -0.05) is 6.07 Å². The quantitative estimate of drug-likeness (QED) is 0.778. The van der Waals surface area contributed by atoms with E-state index in [-0.39, 0.29) is 0 Å². The molecule has 0 spiro atoms. The molecule has 7 heteroatoms. The van der Waals surface area contributed by atoms with E-state index in [1.807, 2.05) is 24.4 Å². The molecular formula is C18H21N5O2. The van der Waals surface area contributed by atoms with E-state index in [0.29, 0.717) is 17.6 Å². The first-order chi connectivity index (χ1) is 12.2. The Morgan fingerprint density at radius 2 is 2.24 bits per heavy atom. The summed E-state index contributed by atoms with van der Waals surface area (Å²) in [6, 6.07) is 6.30. The normalized spacial score (nSPS) is 18.3. The molecule has 0 radical (unpaired) electrons.